The van der Waals surface area contributed by atoms with Crippen molar-refractivity contribution < 1.29 is 26.8 Å². The Morgan fingerprint density at radius 2 is 1.88 bits per heavy atom. The van der Waals surface area contributed by atoms with Crippen molar-refractivity contribution in [2.75, 3.05) is 7.11 Å². The Kier molecular flexibility index (Phi) is 3.61. The van der Waals surface area contributed by atoms with Gasteiger partial charge in [0.05, 0.1) is 24.9 Å². The summed E-state index contributed by atoms with van der Waals surface area (Å²) in [6.45, 7) is 1.89. The molecule has 4 rings (SSSR count). The van der Waals surface area contributed by atoms with Gasteiger partial charge in [-0.3, -0.25) is 0 Å². The van der Waals surface area contributed by atoms with Gasteiger partial charge in [0.25, 0.3) is 6.29 Å². The van der Waals surface area contributed by atoms with Crippen molar-refractivity contribution in [3.05, 3.63) is 59.9 Å². The van der Waals surface area contributed by atoms with Crippen molar-refractivity contribution in [2.24, 2.45) is 0 Å². The van der Waals surface area contributed by atoms with E-state index < -0.39 is 16.4 Å². The molecule has 2 aromatic rings. The zero-order chi connectivity index (χ0) is 17.6. The van der Waals surface area contributed by atoms with Crippen LogP contribution in [0.1, 0.15) is 17.0 Å². The van der Waals surface area contributed by atoms with Gasteiger partial charge in [0, 0.05) is 12.1 Å². The topological polar surface area (TPSA) is 71.1 Å². The molecule has 2 atom stereocenters. The minimum absolute atomic E-state index is 0.0864. The van der Waals surface area contributed by atoms with Crippen molar-refractivity contribution in [2.45, 2.75) is 24.0 Å². The van der Waals surface area contributed by atoms with Crippen LogP contribution in [-0.2, 0) is 14.9 Å². The second kappa shape index (κ2) is 5.70. The molecule has 130 valence electrons. The Morgan fingerprint density at radius 3 is 2.60 bits per heavy atom. The summed E-state index contributed by atoms with van der Waals surface area (Å²) in [6.07, 6.45) is 2.85. The van der Waals surface area contributed by atoms with Crippen LogP contribution >= 0.6 is 0 Å². The van der Waals surface area contributed by atoms with E-state index in [-0.39, 0.29) is 16.6 Å². The molecule has 0 amide bonds. The summed E-state index contributed by atoms with van der Waals surface area (Å²) < 4.78 is 47.0. The lowest BCUT2D eigenvalue weighted by molar-refractivity contribution is -0.00489. The highest BCUT2D eigenvalue weighted by Gasteiger charge is 2.41. The molecule has 6 nitrogen and oxygen atoms in total. The molecule has 0 bridgehead atoms. The van der Waals surface area contributed by atoms with Crippen molar-refractivity contribution in [1.82, 2.24) is 0 Å². The third-order valence-corrected chi connectivity index (χ3v) is 5.44. The summed E-state index contributed by atoms with van der Waals surface area (Å²) in [5, 5.41) is 0. The normalized spacial score (nSPS) is 20.4. The van der Waals surface area contributed by atoms with Gasteiger partial charge in [0.15, 0.2) is 5.75 Å². The van der Waals surface area contributed by atoms with E-state index in [0.29, 0.717) is 17.1 Å². The Morgan fingerprint density at radius 1 is 1.12 bits per heavy atom. The molecular weight excluding hydrogens is 344 g/mol. The van der Waals surface area contributed by atoms with Gasteiger partial charge in [-0.25, -0.2) is 0 Å². The minimum atomic E-state index is -3.98. The molecule has 2 aliphatic heterocycles. The largest absolute Gasteiger partial charge is 0.496 e. The molecule has 0 radical (unpaired) electrons. The molecule has 0 saturated heterocycles. The first-order valence-corrected chi connectivity index (χ1v) is 9.10. The van der Waals surface area contributed by atoms with E-state index in [1.54, 1.807) is 30.5 Å². The number of fused-ring (bicyclic) bond motifs is 3. The average molecular weight is 360 g/mol. The van der Waals surface area contributed by atoms with Crippen LogP contribution in [0, 0.1) is 6.92 Å². The molecule has 2 aliphatic rings. The zero-order valence-corrected chi connectivity index (χ0v) is 14.4. The SMILES string of the molecule is COc1cc2c(c(OS(=O)(=O)c3ccc(C)cc3)c1)[C@@H]1C=CO[C@@H]1O2. The fourth-order valence-corrected chi connectivity index (χ4v) is 3.84. The molecule has 2 heterocycles. The molecule has 0 fully saturated rings. The molecule has 7 heteroatoms. The predicted octanol–water partition coefficient (Wildman–Crippen LogP) is 3.12. The van der Waals surface area contributed by atoms with E-state index in [2.05, 4.69) is 0 Å². The zero-order valence-electron chi connectivity index (χ0n) is 13.6. The van der Waals surface area contributed by atoms with Crippen LogP contribution in [0.5, 0.6) is 17.2 Å². The fraction of sp³-hybridized carbons (Fsp3) is 0.222. The van der Waals surface area contributed by atoms with Crippen LogP contribution < -0.4 is 13.7 Å². The van der Waals surface area contributed by atoms with Gasteiger partial charge >= 0.3 is 10.1 Å². The van der Waals surface area contributed by atoms with Gasteiger partial charge in [-0.2, -0.15) is 8.42 Å². The maximum atomic E-state index is 12.7. The van der Waals surface area contributed by atoms with Crippen molar-refractivity contribution in [3.63, 3.8) is 0 Å². The highest BCUT2D eigenvalue weighted by Crippen LogP contribution is 2.49. The van der Waals surface area contributed by atoms with Gasteiger partial charge in [0.1, 0.15) is 16.4 Å². The van der Waals surface area contributed by atoms with E-state index in [0.717, 1.165) is 5.56 Å². The first-order chi connectivity index (χ1) is 12.0. The first-order valence-electron chi connectivity index (χ1n) is 7.70. The summed E-state index contributed by atoms with van der Waals surface area (Å²) in [5.41, 5.74) is 1.60. The second-order valence-corrected chi connectivity index (χ2v) is 7.41. The minimum Gasteiger partial charge on any atom is -0.496 e. The molecule has 0 spiro atoms. The Balaban J connectivity index is 1.77. The lowest BCUT2D eigenvalue weighted by Crippen LogP contribution is -2.15. The van der Waals surface area contributed by atoms with E-state index in [1.165, 1.54) is 19.2 Å². The van der Waals surface area contributed by atoms with Gasteiger partial charge in [-0.1, -0.05) is 17.7 Å². The summed E-state index contributed by atoms with van der Waals surface area (Å²) in [4.78, 5) is 0.0864. The number of rotatable bonds is 4. The highest BCUT2D eigenvalue weighted by atomic mass is 32.2. The van der Waals surface area contributed by atoms with Crippen LogP contribution in [0.4, 0.5) is 0 Å². The quantitative estimate of drug-likeness (QED) is 0.780. The molecule has 0 aliphatic carbocycles. The Hall–Kier alpha value is -2.67. The number of hydrogen-bond acceptors (Lipinski definition) is 6. The van der Waals surface area contributed by atoms with E-state index in [1.807, 2.05) is 13.0 Å². The van der Waals surface area contributed by atoms with Gasteiger partial charge in [-0.15, -0.1) is 0 Å². The maximum absolute atomic E-state index is 12.7. The maximum Gasteiger partial charge on any atom is 0.339 e. The Labute approximate surface area is 145 Å². The number of methoxy groups -OCH3 is 1. The van der Waals surface area contributed by atoms with Crippen LogP contribution in [-0.4, -0.2) is 21.8 Å². The van der Waals surface area contributed by atoms with E-state index in [4.69, 9.17) is 18.4 Å². The van der Waals surface area contributed by atoms with E-state index in [9.17, 15) is 8.42 Å². The third kappa shape index (κ3) is 2.70. The number of hydrogen-bond donors (Lipinski definition) is 0. The molecular formula is C18H16O6S. The van der Waals surface area contributed by atoms with Gasteiger partial charge in [0.2, 0.25) is 0 Å². The molecule has 0 unspecified atom stereocenters. The summed E-state index contributed by atoms with van der Waals surface area (Å²) in [7, 11) is -2.49. The average Bonchev–Trinajstić information content (AvgIpc) is 3.15. The first kappa shape index (κ1) is 15.8. The monoisotopic (exact) mass is 360 g/mol. The Bertz CT molecular complexity index is 946. The lowest BCUT2D eigenvalue weighted by Gasteiger charge is -2.13. The molecule has 0 saturated carbocycles. The summed E-state index contributed by atoms with van der Waals surface area (Å²) in [5.74, 6) is 0.895. The van der Waals surface area contributed by atoms with Crippen molar-refractivity contribution in [1.29, 1.82) is 0 Å². The van der Waals surface area contributed by atoms with Crippen molar-refractivity contribution >= 4 is 10.1 Å². The van der Waals surface area contributed by atoms with Crippen LogP contribution in [0.2, 0.25) is 0 Å². The molecule has 0 aromatic heterocycles. The fourth-order valence-electron chi connectivity index (χ4n) is 2.90. The number of ether oxygens (including phenoxy) is 3. The molecule has 25 heavy (non-hydrogen) atoms. The van der Waals surface area contributed by atoms with Gasteiger partial charge < -0.3 is 18.4 Å². The highest BCUT2D eigenvalue weighted by molar-refractivity contribution is 7.87. The lowest BCUT2D eigenvalue weighted by atomic mass is 10.00. The van der Waals surface area contributed by atoms with E-state index >= 15 is 0 Å². The van der Waals surface area contributed by atoms with Crippen LogP contribution in [0.3, 0.4) is 0 Å². The van der Waals surface area contributed by atoms with Crippen molar-refractivity contribution in [3.8, 4) is 17.2 Å². The smallest absolute Gasteiger partial charge is 0.339 e. The standard InChI is InChI=1S/C18H16O6S/c1-11-3-5-13(6-4-11)25(19,20)24-16-10-12(21-2)9-15-17(16)14-7-8-22-18(14)23-15/h3-10,14,18H,1-2H3/t14-,18+/m0/s1. The number of aryl methyl sites for hydroxylation is 1. The number of benzene rings is 2. The second-order valence-electron chi connectivity index (χ2n) is 5.86. The van der Waals surface area contributed by atoms with Crippen LogP contribution in [0.15, 0.2) is 53.6 Å². The summed E-state index contributed by atoms with van der Waals surface area (Å²) in [6, 6.07) is 9.71. The van der Waals surface area contributed by atoms with Crippen LogP contribution in [0.25, 0.3) is 0 Å². The predicted molar refractivity (Wildman–Crippen MR) is 89.4 cm³/mol. The van der Waals surface area contributed by atoms with Gasteiger partial charge in [-0.05, 0) is 25.1 Å². The molecule has 2 aromatic carbocycles. The third-order valence-electron chi connectivity index (χ3n) is 4.19. The molecule has 0 N–H and O–H groups in total. The summed E-state index contributed by atoms with van der Waals surface area (Å²) >= 11 is 0.